The Morgan fingerprint density at radius 1 is 0.965 bits per heavy atom. The van der Waals surface area contributed by atoms with E-state index in [1.54, 1.807) is 0 Å². The summed E-state index contributed by atoms with van der Waals surface area (Å²) in [5.41, 5.74) is 2.75. The molecule has 0 spiro atoms. The number of benzene rings is 3. The van der Waals surface area contributed by atoms with E-state index in [2.05, 4.69) is 38.7 Å². The van der Waals surface area contributed by atoms with Crippen LogP contribution in [-0.4, -0.2) is 70.1 Å². The average Bonchev–Trinajstić information content (AvgIpc) is 3.43. The van der Waals surface area contributed by atoms with Crippen molar-refractivity contribution in [2.45, 2.75) is 122 Å². The van der Waals surface area contributed by atoms with E-state index in [0.717, 1.165) is 60.5 Å². The van der Waals surface area contributed by atoms with Crippen LogP contribution in [0.1, 0.15) is 124 Å². The predicted molar refractivity (Wildman–Crippen MR) is 220 cm³/mol. The number of carbonyl (C=O) groups excluding carboxylic acids is 1. The molecule has 0 aliphatic heterocycles. The molecule has 4 fully saturated rings. The first-order valence-electron chi connectivity index (χ1n) is 21.4. The zero-order chi connectivity index (χ0) is 40.5. The van der Waals surface area contributed by atoms with Gasteiger partial charge in [0.1, 0.15) is 0 Å². The quantitative estimate of drug-likeness (QED) is 0.126. The highest BCUT2D eigenvalue weighted by Gasteiger charge is 2.58. The van der Waals surface area contributed by atoms with Gasteiger partial charge >= 0.3 is 0 Å². The van der Waals surface area contributed by atoms with E-state index in [-0.39, 0.29) is 18.1 Å². The van der Waals surface area contributed by atoms with Gasteiger partial charge in [0.15, 0.2) is 17.4 Å². The van der Waals surface area contributed by atoms with Crippen molar-refractivity contribution in [1.82, 2.24) is 4.90 Å². The summed E-state index contributed by atoms with van der Waals surface area (Å²) in [4.78, 5) is 16.7. The molecule has 4 saturated carbocycles. The highest BCUT2D eigenvalue weighted by atomic mass is 19.2. The minimum atomic E-state index is -1.16. The van der Waals surface area contributed by atoms with E-state index >= 15 is 0 Å². The van der Waals surface area contributed by atoms with Gasteiger partial charge in [0.2, 0.25) is 0 Å². The third-order valence-corrected chi connectivity index (χ3v) is 15.0. The van der Waals surface area contributed by atoms with Crippen LogP contribution in [0.15, 0.2) is 78.4 Å². The number of allylic oxidation sites excluding steroid dienone is 2. The van der Waals surface area contributed by atoms with Crippen molar-refractivity contribution < 1.29 is 33.6 Å². The van der Waals surface area contributed by atoms with Crippen molar-refractivity contribution in [3.8, 4) is 0 Å². The van der Waals surface area contributed by atoms with Crippen LogP contribution in [0.2, 0.25) is 0 Å². The van der Waals surface area contributed by atoms with Crippen LogP contribution < -0.4 is 0 Å². The molecule has 0 aromatic heterocycles. The summed E-state index contributed by atoms with van der Waals surface area (Å²) in [6.07, 6.45) is 8.69. The molecule has 8 heteroatoms. The molecule has 57 heavy (non-hydrogen) atoms. The summed E-state index contributed by atoms with van der Waals surface area (Å²) < 4.78 is 34.6. The van der Waals surface area contributed by atoms with Crippen LogP contribution in [0, 0.1) is 40.2 Å². The summed E-state index contributed by atoms with van der Waals surface area (Å²) in [7, 11) is 0. The standard InChI is InChI=1S/C49H63F2NO5/c1-32-9-8-21-48(4)42(40-18-13-34(23-38(53)17-12-32)24-41(40)46(55)35-15-19-44(50)45(51)25-35)20-22-49(48,56)31-52(27-36-14-16-37-26-43(36)47(37,2)3)28-39(54)30-57-29-33-10-6-5-7-11-33/h5-7,9-11,13,15,18-19,24-25,36-39,42-43,53-54,56H,8,12,14,16-17,20-23,26-31H2,1-4H3. The van der Waals surface area contributed by atoms with Crippen LogP contribution >= 0.6 is 0 Å². The normalized spacial score (nSPS) is 30.3. The number of aliphatic hydroxyl groups excluding tert-OH is 2. The van der Waals surface area contributed by atoms with E-state index < -0.39 is 40.6 Å². The predicted octanol–water partition coefficient (Wildman–Crippen LogP) is 9.19. The molecule has 9 rings (SSSR count). The number of carbonyl (C=O) groups is 1. The Bertz CT molecular complexity index is 1910. The van der Waals surface area contributed by atoms with Crippen LogP contribution in [-0.2, 0) is 17.8 Å². The van der Waals surface area contributed by atoms with E-state index in [4.69, 9.17) is 4.74 Å². The molecule has 0 amide bonds. The molecule has 308 valence electrons. The van der Waals surface area contributed by atoms with Gasteiger partial charge in [-0.25, -0.2) is 8.78 Å². The van der Waals surface area contributed by atoms with Gasteiger partial charge in [-0.15, -0.1) is 0 Å². The van der Waals surface area contributed by atoms with Crippen LogP contribution in [0.5, 0.6) is 0 Å². The molecule has 0 heterocycles. The van der Waals surface area contributed by atoms with Gasteiger partial charge in [0.05, 0.1) is 31.0 Å². The lowest BCUT2D eigenvalue weighted by molar-refractivity contribution is -0.127. The van der Waals surface area contributed by atoms with Gasteiger partial charge in [-0.3, -0.25) is 9.69 Å². The highest BCUT2D eigenvalue weighted by molar-refractivity contribution is 6.10. The first-order valence-corrected chi connectivity index (χ1v) is 21.4. The summed E-state index contributed by atoms with van der Waals surface area (Å²) >= 11 is 0. The Morgan fingerprint density at radius 3 is 2.49 bits per heavy atom. The number of aliphatic hydroxyl groups is 3. The first kappa shape index (κ1) is 41.9. The summed E-state index contributed by atoms with van der Waals surface area (Å²) in [5.74, 6) is -0.873. The average molecular weight is 784 g/mol. The Balaban J connectivity index is 1.22. The molecule has 0 saturated heterocycles. The third kappa shape index (κ3) is 8.86. The molecule has 4 bridgehead atoms. The largest absolute Gasteiger partial charge is 0.393 e. The number of hydrogen-bond donors (Lipinski definition) is 3. The highest BCUT2D eigenvalue weighted by Crippen LogP contribution is 2.62. The van der Waals surface area contributed by atoms with Gasteiger partial charge in [0.25, 0.3) is 0 Å². The van der Waals surface area contributed by atoms with Gasteiger partial charge in [-0.1, -0.05) is 74.9 Å². The molecule has 0 radical (unpaired) electrons. The van der Waals surface area contributed by atoms with Gasteiger partial charge < -0.3 is 20.1 Å². The fourth-order valence-electron chi connectivity index (χ4n) is 11.3. The Kier molecular flexibility index (Phi) is 12.6. The topological polar surface area (TPSA) is 90.2 Å². The Labute approximate surface area is 338 Å². The van der Waals surface area contributed by atoms with Crippen molar-refractivity contribution in [2.24, 2.45) is 28.6 Å². The minimum absolute atomic E-state index is 0.0609. The lowest BCUT2D eigenvalue weighted by atomic mass is 9.45. The molecule has 8 atom stereocenters. The number of ketones is 1. The molecular formula is C49H63F2NO5. The number of nitrogens with zero attached hydrogens (tertiary/aromatic N) is 1. The van der Waals surface area contributed by atoms with Crippen molar-refractivity contribution in [2.75, 3.05) is 26.2 Å². The molecule has 6 nitrogen and oxygen atoms in total. The summed E-state index contributed by atoms with van der Waals surface area (Å²) in [6.45, 7) is 11.2. The molecular weight excluding hydrogens is 721 g/mol. The van der Waals surface area contributed by atoms with E-state index in [0.29, 0.717) is 74.6 Å². The number of hydrogen-bond acceptors (Lipinski definition) is 6. The van der Waals surface area contributed by atoms with Crippen molar-refractivity contribution in [3.63, 3.8) is 0 Å². The van der Waals surface area contributed by atoms with Crippen molar-refractivity contribution >= 4 is 5.78 Å². The smallest absolute Gasteiger partial charge is 0.193 e. The summed E-state index contributed by atoms with van der Waals surface area (Å²) in [5, 5.41) is 35.7. The molecule has 3 N–H and O–H groups in total. The van der Waals surface area contributed by atoms with Gasteiger partial charge in [-0.05, 0) is 141 Å². The van der Waals surface area contributed by atoms with Crippen LogP contribution in [0.25, 0.3) is 0 Å². The SMILES string of the molecule is CC1=CCCC2(C)C(CCC2(O)CN(CC(O)COCc2ccccc2)CC2CCC3CC2C3(C)C)c2ccc(cc2C(=O)c2ccc(F)c(F)c2)CC(O)CC1. The third-order valence-electron chi connectivity index (χ3n) is 15.0. The maximum atomic E-state index is 14.5. The van der Waals surface area contributed by atoms with Gasteiger partial charge in [-0.2, -0.15) is 0 Å². The maximum Gasteiger partial charge on any atom is 0.193 e. The monoisotopic (exact) mass is 783 g/mol. The molecule has 8 unspecified atom stereocenters. The summed E-state index contributed by atoms with van der Waals surface area (Å²) in [6, 6.07) is 19.0. The molecule has 3 aromatic carbocycles. The molecule has 3 aromatic rings. The Hall–Kier alpha value is -3.27. The van der Waals surface area contributed by atoms with Crippen molar-refractivity contribution in [3.05, 3.63) is 118 Å². The van der Waals surface area contributed by atoms with E-state index in [1.165, 1.54) is 24.5 Å². The number of ether oxygens (including phenoxy) is 1. The van der Waals surface area contributed by atoms with Crippen molar-refractivity contribution in [1.29, 1.82) is 0 Å². The zero-order valence-electron chi connectivity index (χ0n) is 34.4. The first-order chi connectivity index (χ1) is 27.2. The molecule has 6 aliphatic carbocycles. The number of rotatable bonds is 12. The van der Waals surface area contributed by atoms with Crippen LogP contribution in [0.3, 0.4) is 0 Å². The van der Waals surface area contributed by atoms with Gasteiger partial charge in [0, 0.05) is 36.2 Å². The van der Waals surface area contributed by atoms with Crippen LogP contribution in [0.4, 0.5) is 8.78 Å². The fourth-order valence-corrected chi connectivity index (χ4v) is 11.3. The second kappa shape index (κ2) is 17.1. The number of fused-ring (bicyclic) bond motifs is 10. The second-order valence-electron chi connectivity index (χ2n) is 19.0. The lowest BCUT2D eigenvalue weighted by Crippen LogP contribution is -2.58. The van der Waals surface area contributed by atoms with E-state index in [1.807, 2.05) is 48.5 Å². The maximum absolute atomic E-state index is 14.5. The fraction of sp³-hybridized carbons (Fsp3) is 0.571. The van der Waals surface area contributed by atoms with E-state index in [9.17, 15) is 28.9 Å². The number of halogens is 2. The Morgan fingerprint density at radius 2 is 1.75 bits per heavy atom. The second-order valence-corrected chi connectivity index (χ2v) is 19.0. The minimum Gasteiger partial charge on any atom is -0.393 e. The zero-order valence-corrected chi connectivity index (χ0v) is 34.4. The molecule has 6 aliphatic rings. The lowest BCUT2D eigenvalue weighted by Gasteiger charge is -2.61.